The van der Waals surface area contributed by atoms with Crippen molar-refractivity contribution in [3.8, 4) is 0 Å². The van der Waals surface area contributed by atoms with E-state index >= 15 is 0 Å². The molecule has 0 aliphatic carbocycles. The van der Waals surface area contributed by atoms with E-state index in [1.54, 1.807) is 0 Å². The third kappa shape index (κ3) is 4.79. The standard InChI is InChI=1S/C17H22N4O2.ClH/c1-12(19-16(22)14-8-5-9-18-11-14)17-20-15(21-23-17)10-13-6-3-2-4-7-13;/h2-4,6-7,12,14,18H,5,8-11H2,1H3,(H,19,22);1H. The van der Waals surface area contributed by atoms with E-state index in [2.05, 4.69) is 20.8 Å². The van der Waals surface area contributed by atoms with Gasteiger partial charge in [-0.15, -0.1) is 12.4 Å². The Hall–Kier alpha value is -1.92. The van der Waals surface area contributed by atoms with Crippen LogP contribution in [0.25, 0.3) is 0 Å². The van der Waals surface area contributed by atoms with Crippen molar-refractivity contribution in [2.24, 2.45) is 5.92 Å². The number of benzene rings is 1. The molecular weight excluding hydrogens is 328 g/mol. The fraction of sp³-hybridized carbons (Fsp3) is 0.471. The molecule has 2 aromatic rings. The average Bonchev–Trinajstić information content (AvgIpc) is 3.05. The molecule has 1 aliphatic rings. The number of nitrogens with zero attached hydrogens (tertiary/aromatic N) is 2. The number of piperidine rings is 1. The lowest BCUT2D eigenvalue weighted by molar-refractivity contribution is -0.126. The molecule has 130 valence electrons. The fourth-order valence-corrected chi connectivity index (χ4v) is 2.76. The zero-order valence-corrected chi connectivity index (χ0v) is 14.5. The van der Waals surface area contributed by atoms with Gasteiger partial charge in [-0.3, -0.25) is 4.79 Å². The minimum absolute atomic E-state index is 0. The number of carbonyl (C=O) groups is 1. The van der Waals surface area contributed by atoms with E-state index in [1.807, 2.05) is 37.3 Å². The second kappa shape index (κ2) is 8.80. The molecule has 0 bridgehead atoms. The Balaban J connectivity index is 0.00000208. The van der Waals surface area contributed by atoms with Crippen molar-refractivity contribution in [3.63, 3.8) is 0 Å². The first-order valence-electron chi connectivity index (χ1n) is 8.10. The lowest BCUT2D eigenvalue weighted by Gasteiger charge is -2.23. The van der Waals surface area contributed by atoms with Gasteiger partial charge in [0, 0.05) is 13.0 Å². The van der Waals surface area contributed by atoms with Gasteiger partial charge < -0.3 is 15.2 Å². The molecule has 1 fully saturated rings. The van der Waals surface area contributed by atoms with Gasteiger partial charge in [-0.05, 0) is 31.9 Å². The molecule has 0 radical (unpaired) electrons. The smallest absolute Gasteiger partial charge is 0.248 e. The van der Waals surface area contributed by atoms with Crippen molar-refractivity contribution in [2.75, 3.05) is 13.1 Å². The normalized spacial score (nSPS) is 18.5. The minimum Gasteiger partial charge on any atom is -0.344 e. The highest BCUT2D eigenvalue weighted by Crippen LogP contribution is 2.15. The molecule has 3 rings (SSSR count). The van der Waals surface area contributed by atoms with E-state index < -0.39 is 0 Å². The highest BCUT2D eigenvalue weighted by Gasteiger charge is 2.24. The molecule has 1 aromatic carbocycles. The summed E-state index contributed by atoms with van der Waals surface area (Å²) in [5.74, 6) is 1.16. The zero-order chi connectivity index (χ0) is 16.1. The van der Waals surface area contributed by atoms with Crippen LogP contribution >= 0.6 is 12.4 Å². The second-order valence-electron chi connectivity index (χ2n) is 5.98. The lowest BCUT2D eigenvalue weighted by atomic mass is 9.98. The molecule has 1 aliphatic heterocycles. The highest BCUT2D eigenvalue weighted by atomic mass is 35.5. The number of halogens is 1. The summed E-state index contributed by atoms with van der Waals surface area (Å²) in [6.45, 7) is 3.60. The van der Waals surface area contributed by atoms with E-state index in [0.717, 1.165) is 31.5 Å². The average molecular weight is 351 g/mol. The van der Waals surface area contributed by atoms with Gasteiger partial charge in [-0.1, -0.05) is 35.5 Å². The molecule has 7 heteroatoms. The number of hydrogen-bond acceptors (Lipinski definition) is 5. The number of amides is 1. The third-order valence-corrected chi connectivity index (χ3v) is 4.09. The van der Waals surface area contributed by atoms with Gasteiger partial charge in [0.15, 0.2) is 5.82 Å². The molecule has 2 unspecified atom stereocenters. The van der Waals surface area contributed by atoms with Gasteiger partial charge >= 0.3 is 0 Å². The monoisotopic (exact) mass is 350 g/mol. The van der Waals surface area contributed by atoms with Crippen molar-refractivity contribution >= 4 is 18.3 Å². The van der Waals surface area contributed by atoms with Crippen LogP contribution in [0.5, 0.6) is 0 Å². The SMILES string of the molecule is CC(NC(=O)C1CCCNC1)c1nc(Cc2ccccc2)no1.Cl. The minimum atomic E-state index is -0.276. The van der Waals surface area contributed by atoms with Gasteiger partial charge in [-0.25, -0.2) is 0 Å². The summed E-state index contributed by atoms with van der Waals surface area (Å²) in [5.41, 5.74) is 1.13. The molecule has 0 spiro atoms. The largest absolute Gasteiger partial charge is 0.344 e. The maximum atomic E-state index is 12.2. The Labute approximate surface area is 147 Å². The summed E-state index contributed by atoms with van der Waals surface area (Å²) in [7, 11) is 0. The number of nitrogens with one attached hydrogen (secondary N) is 2. The van der Waals surface area contributed by atoms with Crippen LogP contribution < -0.4 is 10.6 Å². The molecular formula is C17H23ClN4O2. The van der Waals surface area contributed by atoms with Crippen molar-refractivity contribution in [1.29, 1.82) is 0 Å². The molecule has 6 nitrogen and oxygen atoms in total. The Bertz CT molecular complexity index is 641. The first-order chi connectivity index (χ1) is 11.2. The molecule has 1 saturated heterocycles. The van der Waals surface area contributed by atoms with Crippen LogP contribution in [0.1, 0.15) is 43.1 Å². The molecule has 24 heavy (non-hydrogen) atoms. The van der Waals surface area contributed by atoms with E-state index in [4.69, 9.17) is 4.52 Å². The number of hydrogen-bond donors (Lipinski definition) is 2. The molecule has 2 atom stereocenters. The van der Waals surface area contributed by atoms with Crippen LogP contribution in [0.2, 0.25) is 0 Å². The van der Waals surface area contributed by atoms with Gasteiger partial charge in [0.1, 0.15) is 6.04 Å². The summed E-state index contributed by atoms with van der Waals surface area (Å²) < 4.78 is 5.30. The summed E-state index contributed by atoms with van der Waals surface area (Å²) in [5, 5.41) is 10.2. The van der Waals surface area contributed by atoms with Crippen LogP contribution in [0, 0.1) is 5.92 Å². The summed E-state index contributed by atoms with van der Waals surface area (Å²) in [6.07, 6.45) is 2.58. The topological polar surface area (TPSA) is 80.0 Å². The van der Waals surface area contributed by atoms with Gasteiger partial charge in [-0.2, -0.15) is 4.98 Å². The molecule has 2 heterocycles. The number of carbonyl (C=O) groups excluding carboxylic acids is 1. The van der Waals surface area contributed by atoms with Crippen LogP contribution in [0.3, 0.4) is 0 Å². The predicted molar refractivity (Wildman–Crippen MR) is 92.9 cm³/mol. The van der Waals surface area contributed by atoms with E-state index in [1.165, 1.54) is 0 Å². The summed E-state index contributed by atoms with van der Waals surface area (Å²) in [4.78, 5) is 16.6. The molecule has 1 amide bonds. The van der Waals surface area contributed by atoms with Crippen LogP contribution in [0.15, 0.2) is 34.9 Å². The first kappa shape index (κ1) is 18.4. The van der Waals surface area contributed by atoms with Crippen LogP contribution in [0.4, 0.5) is 0 Å². The van der Waals surface area contributed by atoms with Crippen molar-refractivity contribution in [3.05, 3.63) is 47.6 Å². The van der Waals surface area contributed by atoms with Gasteiger partial charge in [0.2, 0.25) is 11.8 Å². The lowest BCUT2D eigenvalue weighted by Crippen LogP contribution is -2.41. The Morgan fingerprint density at radius 3 is 2.92 bits per heavy atom. The second-order valence-corrected chi connectivity index (χ2v) is 5.98. The van der Waals surface area contributed by atoms with Crippen LogP contribution in [-0.2, 0) is 11.2 Å². The first-order valence-corrected chi connectivity index (χ1v) is 8.10. The summed E-state index contributed by atoms with van der Waals surface area (Å²) in [6, 6.07) is 9.72. The highest BCUT2D eigenvalue weighted by molar-refractivity contribution is 5.85. The van der Waals surface area contributed by atoms with Crippen molar-refractivity contribution < 1.29 is 9.32 Å². The fourth-order valence-electron chi connectivity index (χ4n) is 2.76. The van der Waals surface area contributed by atoms with E-state index in [0.29, 0.717) is 18.1 Å². The third-order valence-electron chi connectivity index (χ3n) is 4.09. The predicted octanol–water partition coefficient (Wildman–Crippen LogP) is 2.26. The van der Waals surface area contributed by atoms with E-state index in [9.17, 15) is 4.79 Å². The van der Waals surface area contributed by atoms with Gasteiger partial charge in [0.05, 0.1) is 5.92 Å². The molecule has 2 N–H and O–H groups in total. The summed E-state index contributed by atoms with van der Waals surface area (Å²) >= 11 is 0. The molecule has 0 saturated carbocycles. The van der Waals surface area contributed by atoms with Crippen molar-refractivity contribution in [2.45, 2.75) is 32.2 Å². The van der Waals surface area contributed by atoms with E-state index in [-0.39, 0.29) is 30.3 Å². The zero-order valence-electron chi connectivity index (χ0n) is 13.7. The Morgan fingerprint density at radius 1 is 1.42 bits per heavy atom. The number of aromatic nitrogens is 2. The molecule has 1 aromatic heterocycles. The van der Waals surface area contributed by atoms with Crippen molar-refractivity contribution in [1.82, 2.24) is 20.8 Å². The van der Waals surface area contributed by atoms with Gasteiger partial charge in [0.25, 0.3) is 0 Å². The quantitative estimate of drug-likeness (QED) is 0.864. The Morgan fingerprint density at radius 2 is 2.21 bits per heavy atom. The van der Waals surface area contributed by atoms with Crippen LogP contribution in [-0.4, -0.2) is 29.1 Å². The Kier molecular flexibility index (Phi) is 6.75. The number of rotatable bonds is 5. The maximum absolute atomic E-state index is 12.2. The maximum Gasteiger partial charge on any atom is 0.248 e.